The van der Waals surface area contributed by atoms with Crippen molar-refractivity contribution in [2.45, 2.75) is 19.3 Å². The highest BCUT2D eigenvalue weighted by Crippen LogP contribution is 2.34. The number of nitrogens with zero attached hydrogens (tertiary/aromatic N) is 2. The van der Waals surface area contributed by atoms with Crippen LogP contribution in [0.15, 0.2) is 24.3 Å². The molecule has 1 aromatic carbocycles. The van der Waals surface area contributed by atoms with Gasteiger partial charge in [0.1, 0.15) is 5.69 Å². The number of carboxylic acids is 1. The van der Waals surface area contributed by atoms with E-state index in [-0.39, 0.29) is 5.69 Å². The van der Waals surface area contributed by atoms with E-state index in [4.69, 9.17) is 5.11 Å². The van der Waals surface area contributed by atoms with Gasteiger partial charge in [0.15, 0.2) is 0 Å². The molecule has 20 heavy (non-hydrogen) atoms. The van der Waals surface area contributed by atoms with Crippen LogP contribution in [0, 0.1) is 10.1 Å². The van der Waals surface area contributed by atoms with Crippen LogP contribution in [-0.4, -0.2) is 29.1 Å². The van der Waals surface area contributed by atoms with Gasteiger partial charge in [-0.1, -0.05) is 12.1 Å². The van der Waals surface area contributed by atoms with Crippen LogP contribution in [0.25, 0.3) is 6.08 Å². The number of piperidine rings is 1. The van der Waals surface area contributed by atoms with Gasteiger partial charge in [0.05, 0.1) is 4.92 Å². The number of hydrogen-bond acceptors (Lipinski definition) is 4. The molecule has 1 fully saturated rings. The lowest BCUT2D eigenvalue weighted by Crippen LogP contribution is -2.30. The SMILES string of the molecule is O=C(O)/C=C/c1cccc([N+](=O)[O-])c1N1CCCCC1. The minimum Gasteiger partial charge on any atom is -0.478 e. The first kappa shape index (κ1) is 14.0. The summed E-state index contributed by atoms with van der Waals surface area (Å²) in [4.78, 5) is 23.4. The zero-order valence-electron chi connectivity index (χ0n) is 11.0. The molecule has 0 unspecified atom stereocenters. The normalized spacial score (nSPS) is 15.5. The van der Waals surface area contributed by atoms with E-state index >= 15 is 0 Å². The summed E-state index contributed by atoms with van der Waals surface area (Å²) in [6, 6.07) is 4.74. The van der Waals surface area contributed by atoms with Crippen molar-refractivity contribution in [3.05, 3.63) is 40.0 Å². The van der Waals surface area contributed by atoms with Crippen molar-refractivity contribution >= 4 is 23.4 Å². The fourth-order valence-corrected chi connectivity index (χ4v) is 2.45. The average molecular weight is 276 g/mol. The van der Waals surface area contributed by atoms with Gasteiger partial charge in [-0.15, -0.1) is 0 Å². The number of benzene rings is 1. The molecular formula is C14H16N2O4. The van der Waals surface area contributed by atoms with Gasteiger partial charge in [0, 0.05) is 30.8 Å². The first-order valence-corrected chi connectivity index (χ1v) is 6.53. The summed E-state index contributed by atoms with van der Waals surface area (Å²) in [5.74, 6) is -1.07. The monoisotopic (exact) mass is 276 g/mol. The van der Waals surface area contributed by atoms with E-state index in [0.29, 0.717) is 11.3 Å². The van der Waals surface area contributed by atoms with Crippen molar-refractivity contribution in [1.29, 1.82) is 0 Å². The number of rotatable bonds is 4. The Morgan fingerprint density at radius 3 is 2.60 bits per heavy atom. The zero-order valence-corrected chi connectivity index (χ0v) is 11.0. The van der Waals surface area contributed by atoms with Crippen LogP contribution in [-0.2, 0) is 4.79 Å². The first-order valence-electron chi connectivity index (χ1n) is 6.53. The van der Waals surface area contributed by atoms with Crippen LogP contribution >= 0.6 is 0 Å². The Bertz CT molecular complexity index is 548. The summed E-state index contributed by atoms with van der Waals surface area (Å²) in [5.41, 5.74) is 1.12. The van der Waals surface area contributed by atoms with Gasteiger partial charge in [0.2, 0.25) is 0 Å². The highest BCUT2D eigenvalue weighted by atomic mass is 16.6. The number of carbonyl (C=O) groups is 1. The Kier molecular flexibility index (Phi) is 4.34. The van der Waals surface area contributed by atoms with E-state index in [2.05, 4.69) is 0 Å². The number of nitro groups is 1. The predicted molar refractivity (Wildman–Crippen MR) is 75.8 cm³/mol. The van der Waals surface area contributed by atoms with Crippen LogP contribution in [0.4, 0.5) is 11.4 Å². The average Bonchev–Trinajstić information content (AvgIpc) is 2.45. The number of carboxylic acid groups (broad SMARTS) is 1. The van der Waals surface area contributed by atoms with Crippen molar-refractivity contribution in [1.82, 2.24) is 0 Å². The fraction of sp³-hybridized carbons (Fsp3) is 0.357. The molecule has 0 radical (unpaired) electrons. The van der Waals surface area contributed by atoms with Crippen LogP contribution in [0.1, 0.15) is 24.8 Å². The lowest BCUT2D eigenvalue weighted by molar-refractivity contribution is -0.384. The second-order valence-electron chi connectivity index (χ2n) is 4.69. The third-order valence-electron chi connectivity index (χ3n) is 3.32. The van der Waals surface area contributed by atoms with E-state index in [9.17, 15) is 14.9 Å². The highest BCUT2D eigenvalue weighted by Gasteiger charge is 2.23. The van der Waals surface area contributed by atoms with Crippen molar-refractivity contribution < 1.29 is 14.8 Å². The van der Waals surface area contributed by atoms with Crippen LogP contribution in [0.3, 0.4) is 0 Å². The predicted octanol–water partition coefficient (Wildman–Crippen LogP) is 2.68. The third kappa shape index (κ3) is 3.14. The molecule has 6 nitrogen and oxygen atoms in total. The standard InChI is InChI=1S/C14H16N2O4/c17-13(18)8-7-11-5-4-6-12(16(19)20)14(11)15-9-2-1-3-10-15/h4-8H,1-3,9-10H2,(H,17,18)/b8-7+. The molecular weight excluding hydrogens is 260 g/mol. The lowest BCUT2D eigenvalue weighted by Gasteiger charge is -2.29. The van der Waals surface area contributed by atoms with Gasteiger partial charge >= 0.3 is 5.97 Å². The molecule has 2 rings (SSSR count). The van der Waals surface area contributed by atoms with Crippen LogP contribution in [0.2, 0.25) is 0 Å². The maximum absolute atomic E-state index is 11.2. The molecule has 0 spiro atoms. The van der Waals surface area contributed by atoms with Gasteiger partial charge < -0.3 is 10.0 Å². The van der Waals surface area contributed by atoms with Gasteiger partial charge in [-0.3, -0.25) is 10.1 Å². The summed E-state index contributed by atoms with van der Waals surface area (Å²) >= 11 is 0. The lowest BCUT2D eigenvalue weighted by atomic mass is 10.1. The molecule has 1 aromatic rings. The molecule has 0 bridgehead atoms. The van der Waals surface area contributed by atoms with Crippen molar-refractivity contribution in [2.24, 2.45) is 0 Å². The molecule has 106 valence electrons. The topological polar surface area (TPSA) is 83.7 Å². The minimum absolute atomic E-state index is 0.0273. The van der Waals surface area contributed by atoms with E-state index in [1.54, 1.807) is 12.1 Å². The fourth-order valence-electron chi connectivity index (χ4n) is 2.45. The summed E-state index contributed by atoms with van der Waals surface area (Å²) in [6.45, 7) is 1.53. The number of hydrogen-bond donors (Lipinski definition) is 1. The second-order valence-corrected chi connectivity index (χ2v) is 4.69. The van der Waals surface area contributed by atoms with Crippen molar-refractivity contribution in [2.75, 3.05) is 18.0 Å². The quantitative estimate of drug-likeness (QED) is 0.519. The Labute approximate surface area is 116 Å². The minimum atomic E-state index is -1.07. The van der Waals surface area contributed by atoms with Crippen LogP contribution in [0.5, 0.6) is 0 Å². The smallest absolute Gasteiger partial charge is 0.328 e. The molecule has 0 amide bonds. The first-order chi connectivity index (χ1) is 9.59. The molecule has 0 aliphatic carbocycles. The molecule has 1 saturated heterocycles. The molecule has 1 N–H and O–H groups in total. The Balaban J connectivity index is 2.47. The maximum atomic E-state index is 11.2. The van der Waals surface area contributed by atoms with Gasteiger partial charge in [-0.05, 0) is 25.3 Å². The number of aliphatic carboxylic acids is 1. The third-order valence-corrected chi connectivity index (χ3v) is 3.32. The molecule has 1 heterocycles. The number of anilines is 1. The van der Waals surface area contributed by atoms with Gasteiger partial charge in [-0.25, -0.2) is 4.79 Å². The molecule has 1 aliphatic rings. The summed E-state index contributed by atoms with van der Waals surface area (Å²) in [6.07, 6.45) is 5.53. The number of para-hydroxylation sites is 1. The number of nitro benzene ring substituents is 1. The molecule has 0 atom stereocenters. The maximum Gasteiger partial charge on any atom is 0.328 e. The van der Waals surface area contributed by atoms with E-state index in [1.807, 2.05) is 4.90 Å². The van der Waals surface area contributed by atoms with Gasteiger partial charge in [-0.2, -0.15) is 0 Å². The molecule has 1 aliphatic heterocycles. The molecule has 0 saturated carbocycles. The largest absolute Gasteiger partial charge is 0.478 e. The van der Waals surface area contributed by atoms with Crippen molar-refractivity contribution in [3.63, 3.8) is 0 Å². The zero-order chi connectivity index (χ0) is 14.5. The van der Waals surface area contributed by atoms with E-state index in [0.717, 1.165) is 38.4 Å². The highest BCUT2D eigenvalue weighted by molar-refractivity contribution is 5.88. The molecule has 0 aromatic heterocycles. The summed E-state index contributed by atoms with van der Waals surface area (Å²) < 4.78 is 0. The van der Waals surface area contributed by atoms with Crippen LogP contribution < -0.4 is 4.90 Å². The van der Waals surface area contributed by atoms with Gasteiger partial charge in [0.25, 0.3) is 5.69 Å². The van der Waals surface area contributed by atoms with Crippen molar-refractivity contribution in [3.8, 4) is 0 Å². The van der Waals surface area contributed by atoms with E-state index < -0.39 is 10.9 Å². The molecule has 6 heteroatoms. The summed E-state index contributed by atoms with van der Waals surface area (Å²) in [7, 11) is 0. The Hall–Kier alpha value is -2.37. The Morgan fingerprint density at radius 1 is 1.30 bits per heavy atom. The summed E-state index contributed by atoms with van der Waals surface area (Å²) in [5, 5.41) is 19.9. The second kappa shape index (κ2) is 6.18. The Morgan fingerprint density at radius 2 is 2.00 bits per heavy atom. The van der Waals surface area contributed by atoms with E-state index in [1.165, 1.54) is 12.1 Å².